The van der Waals surface area contributed by atoms with Gasteiger partial charge in [0.2, 0.25) is 0 Å². The highest BCUT2D eigenvalue weighted by atomic mass is 32.2. The lowest BCUT2D eigenvalue weighted by Crippen LogP contribution is -2.36. The number of ether oxygens (including phenoxy) is 1. The normalized spacial score (nSPS) is 23.1. The van der Waals surface area contributed by atoms with Gasteiger partial charge in [0.05, 0.1) is 29.3 Å². The third-order valence-corrected chi connectivity index (χ3v) is 7.13. The molecule has 0 aromatic heterocycles. The number of halogens is 1. The number of rotatable bonds is 5. The van der Waals surface area contributed by atoms with Crippen LogP contribution in [0.25, 0.3) is 0 Å². The number of aliphatic imine (C=N–C) groups is 1. The fourth-order valence-electron chi connectivity index (χ4n) is 4.35. The summed E-state index contributed by atoms with van der Waals surface area (Å²) in [5.41, 5.74) is 7.78. The van der Waals surface area contributed by atoms with E-state index in [-0.39, 0.29) is 29.2 Å². The quantitative estimate of drug-likeness (QED) is 0.283. The predicted molar refractivity (Wildman–Crippen MR) is 133 cm³/mol. The van der Waals surface area contributed by atoms with Crippen LogP contribution in [-0.2, 0) is 14.3 Å². The summed E-state index contributed by atoms with van der Waals surface area (Å²) < 4.78 is 18.9. The topological polar surface area (TPSA) is 79.2 Å². The first-order valence-corrected chi connectivity index (χ1v) is 12.1. The lowest BCUT2D eigenvalue weighted by Gasteiger charge is -2.28. The molecule has 1 unspecified atom stereocenters. The van der Waals surface area contributed by atoms with E-state index in [1.54, 1.807) is 42.1 Å². The molecule has 1 atom stereocenters. The van der Waals surface area contributed by atoms with Crippen molar-refractivity contribution in [1.82, 2.24) is 0 Å². The number of anilines is 1. The van der Waals surface area contributed by atoms with Gasteiger partial charge in [-0.1, -0.05) is 23.9 Å². The number of hydrogen-bond donors (Lipinski definition) is 1. The maximum Gasteiger partial charge on any atom is 0.300 e. The van der Waals surface area contributed by atoms with E-state index < -0.39 is 17.7 Å². The first-order chi connectivity index (χ1) is 17.0. The number of carbonyl (C=O) groups excluding carboxylic acids is 2. The number of aliphatic hydroxyl groups is 1. The minimum absolute atomic E-state index is 0.0634. The zero-order chi connectivity index (χ0) is 24.5. The Labute approximate surface area is 205 Å². The number of Topliss-reactive ketones (excluding diaryl/α,β-unsaturated/α-hetero) is 1. The number of benzene rings is 1. The van der Waals surface area contributed by atoms with Crippen LogP contribution in [0.2, 0.25) is 0 Å². The summed E-state index contributed by atoms with van der Waals surface area (Å²) in [6.45, 7) is 0.772. The molecule has 0 bridgehead atoms. The molecule has 1 N–H and O–H groups in total. The molecule has 1 fully saturated rings. The standard InChI is InChI=1S/C27H21FN2O4S/c1-34-21-12-6-17(7-13-21)24(31)22-23(16-2-8-19(28)9-3-16)30(27(33)25(22)32)20-10-4-18(5-11-20)26-29-14-15-35-26/h2,4-6,8,10-12,23,31H,3,9,14-15H2,1H3/b24-22-. The van der Waals surface area contributed by atoms with E-state index in [1.165, 1.54) is 18.1 Å². The number of allylic oxidation sites excluding steroid dienone is 5. The zero-order valence-corrected chi connectivity index (χ0v) is 19.7. The number of thioether (sulfide) groups is 1. The van der Waals surface area contributed by atoms with E-state index in [1.807, 2.05) is 12.1 Å². The van der Waals surface area contributed by atoms with Gasteiger partial charge in [0, 0.05) is 30.0 Å². The Kier molecular flexibility index (Phi) is 6.18. The van der Waals surface area contributed by atoms with E-state index in [9.17, 15) is 19.1 Å². The summed E-state index contributed by atoms with van der Waals surface area (Å²) in [5, 5.41) is 12.1. The number of aliphatic hydroxyl groups excluding tert-OH is 1. The summed E-state index contributed by atoms with van der Waals surface area (Å²) >= 11 is 1.67. The first-order valence-electron chi connectivity index (χ1n) is 11.1. The molecular formula is C27H21FN2O4S. The molecule has 1 amide bonds. The van der Waals surface area contributed by atoms with Crippen LogP contribution >= 0.6 is 11.8 Å². The molecule has 6 nitrogen and oxygen atoms in total. The fourth-order valence-corrected chi connectivity index (χ4v) is 5.21. The minimum Gasteiger partial charge on any atom is -0.506 e. The Morgan fingerprint density at radius 2 is 1.97 bits per heavy atom. The largest absolute Gasteiger partial charge is 0.506 e. The molecule has 2 heterocycles. The van der Waals surface area contributed by atoms with Gasteiger partial charge in [-0.25, -0.2) is 4.39 Å². The van der Waals surface area contributed by atoms with E-state index in [0.29, 0.717) is 23.4 Å². The maximum absolute atomic E-state index is 13.8. The van der Waals surface area contributed by atoms with Crippen molar-refractivity contribution in [3.63, 3.8) is 0 Å². The number of methoxy groups -OCH3 is 1. The lowest BCUT2D eigenvalue weighted by molar-refractivity contribution is -0.132. The number of nitrogens with zero attached hydrogens (tertiary/aromatic N) is 2. The smallest absolute Gasteiger partial charge is 0.300 e. The molecule has 2 aliphatic heterocycles. The Hall–Kier alpha value is -3.83. The second-order valence-corrected chi connectivity index (χ2v) is 9.26. The van der Waals surface area contributed by atoms with Crippen molar-refractivity contribution in [2.75, 3.05) is 24.3 Å². The average Bonchev–Trinajstić information content (AvgIpc) is 3.52. The van der Waals surface area contributed by atoms with Gasteiger partial charge in [0.1, 0.15) is 11.6 Å². The monoisotopic (exact) mass is 488 g/mol. The molecule has 1 saturated heterocycles. The van der Waals surface area contributed by atoms with Crippen LogP contribution in [0, 0.1) is 0 Å². The summed E-state index contributed by atoms with van der Waals surface area (Å²) in [4.78, 5) is 32.3. The van der Waals surface area contributed by atoms with Gasteiger partial charge in [0.25, 0.3) is 11.7 Å². The van der Waals surface area contributed by atoms with Crippen LogP contribution in [0.3, 0.4) is 0 Å². The van der Waals surface area contributed by atoms with Crippen LogP contribution in [0.5, 0.6) is 0 Å². The molecule has 8 heteroatoms. The van der Waals surface area contributed by atoms with Crippen molar-refractivity contribution < 1.29 is 23.8 Å². The summed E-state index contributed by atoms with van der Waals surface area (Å²) in [6.07, 6.45) is 6.51. The van der Waals surface area contributed by atoms with Gasteiger partial charge in [-0.3, -0.25) is 19.5 Å². The van der Waals surface area contributed by atoms with Crippen LogP contribution in [-0.4, -0.2) is 47.3 Å². The van der Waals surface area contributed by atoms with Crippen LogP contribution < -0.4 is 4.90 Å². The molecule has 5 rings (SSSR count). The van der Waals surface area contributed by atoms with Crippen LogP contribution in [0.1, 0.15) is 18.4 Å². The maximum atomic E-state index is 13.8. The van der Waals surface area contributed by atoms with Crippen LogP contribution in [0.4, 0.5) is 10.1 Å². The highest BCUT2D eigenvalue weighted by Crippen LogP contribution is 2.39. The summed E-state index contributed by atoms with van der Waals surface area (Å²) in [7, 11) is 1.48. The summed E-state index contributed by atoms with van der Waals surface area (Å²) in [6, 6.07) is 6.39. The minimum atomic E-state index is -0.876. The van der Waals surface area contributed by atoms with Crippen molar-refractivity contribution in [2.45, 2.75) is 18.9 Å². The van der Waals surface area contributed by atoms with Gasteiger partial charge >= 0.3 is 0 Å². The first kappa shape index (κ1) is 22.9. The molecular weight excluding hydrogens is 467 g/mol. The van der Waals surface area contributed by atoms with Crippen molar-refractivity contribution in [3.8, 4) is 0 Å². The van der Waals surface area contributed by atoms with Crippen molar-refractivity contribution >= 4 is 34.2 Å². The average molecular weight is 489 g/mol. The number of amides is 1. The molecule has 0 radical (unpaired) electrons. The Morgan fingerprint density at radius 3 is 2.57 bits per heavy atom. The molecule has 1 aromatic carbocycles. The van der Waals surface area contributed by atoms with Crippen molar-refractivity contribution in [2.24, 2.45) is 4.99 Å². The Bertz CT molecular complexity index is 1380. The molecule has 2 aliphatic carbocycles. The van der Waals surface area contributed by atoms with Gasteiger partial charge in [0.15, 0.2) is 5.76 Å². The fraction of sp³-hybridized carbons (Fsp3) is 0.222. The van der Waals surface area contributed by atoms with Gasteiger partial charge in [-0.15, -0.1) is 11.8 Å². The molecule has 0 saturated carbocycles. The van der Waals surface area contributed by atoms with Crippen molar-refractivity contribution in [1.29, 1.82) is 0 Å². The van der Waals surface area contributed by atoms with Crippen molar-refractivity contribution in [3.05, 3.63) is 99.7 Å². The zero-order valence-electron chi connectivity index (χ0n) is 18.9. The highest BCUT2D eigenvalue weighted by molar-refractivity contribution is 8.14. The Morgan fingerprint density at radius 1 is 1.17 bits per heavy atom. The SMILES string of the molecule is COC1=C=C=C(/C(O)=C2/C(=O)C(=O)N(c3ccc(C4=NCCS4)cc3)C2C2=CC=C(F)CC2)C=C1. The van der Waals surface area contributed by atoms with E-state index in [2.05, 4.69) is 16.5 Å². The second-order valence-electron chi connectivity index (χ2n) is 8.17. The second kappa shape index (κ2) is 9.43. The summed E-state index contributed by atoms with van der Waals surface area (Å²) in [5.74, 6) is -0.858. The van der Waals surface area contributed by atoms with E-state index in [0.717, 1.165) is 22.9 Å². The molecule has 1 aromatic rings. The molecule has 176 valence electrons. The third kappa shape index (κ3) is 4.24. The lowest BCUT2D eigenvalue weighted by atomic mass is 9.90. The number of hydrogen-bond acceptors (Lipinski definition) is 6. The van der Waals surface area contributed by atoms with Gasteiger partial charge < -0.3 is 9.84 Å². The van der Waals surface area contributed by atoms with Gasteiger partial charge in [-0.05, 0) is 48.1 Å². The highest BCUT2D eigenvalue weighted by Gasteiger charge is 2.48. The predicted octanol–water partition coefficient (Wildman–Crippen LogP) is 4.63. The van der Waals surface area contributed by atoms with E-state index >= 15 is 0 Å². The molecule has 4 aliphatic rings. The third-order valence-electron chi connectivity index (χ3n) is 6.10. The van der Waals surface area contributed by atoms with Crippen LogP contribution in [0.15, 0.2) is 99.1 Å². The molecule has 0 spiro atoms. The number of carbonyl (C=O) groups is 2. The molecule has 35 heavy (non-hydrogen) atoms. The van der Waals surface area contributed by atoms with E-state index in [4.69, 9.17) is 4.74 Å². The number of ketones is 1. The Balaban J connectivity index is 1.63. The van der Waals surface area contributed by atoms with Gasteiger partial charge in [-0.2, -0.15) is 0 Å².